The van der Waals surface area contributed by atoms with Gasteiger partial charge in [0.1, 0.15) is 5.82 Å². The molecule has 4 heteroatoms. The number of likely N-dealkylation sites (tertiary alicyclic amines) is 1. The fourth-order valence-corrected chi connectivity index (χ4v) is 3.08. The van der Waals surface area contributed by atoms with E-state index in [-0.39, 0.29) is 17.6 Å². The Hall–Kier alpha value is -1.42. The van der Waals surface area contributed by atoms with Crippen LogP contribution in [0, 0.1) is 5.82 Å². The number of carbonyl (C=O) groups is 1. The van der Waals surface area contributed by atoms with Gasteiger partial charge in [0.25, 0.3) is 0 Å². The quantitative estimate of drug-likeness (QED) is 0.833. The van der Waals surface area contributed by atoms with Crippen molar-refractivity contribution in [1.82, 2.24) is 9.80 Å². The molecular weight excluding hydrogens is 267 g/mol. The Kier molecular flexibility index (Phi) is 5.74. The summed E-state index contributed by atoms with van der Waals surface area (Å²) in [6.07, 6.45) is 1.85. The first-order chi connectivity index (χ1) is 10.2. The second-order valence-corrected chi connectivity index (χ2v) is 5.64. The second-order valence-electron chi connectivity index (χ2n) is 5.64. The molecule has 0 aliphatic carbocycles. The largest absolute Gasteiger partial charge is 0.342 e. The number of likely N-dealkylation sites (N-methyl/N-ethyl adjacent to an activating group) is 1. The summed E-state index contributed by atoms with van der Waals surface area (Å²) in [7, 11) is 0. The summed E-state index contributed by atoms with van der Waals surface area (Å²) in [6, 6.07) is 7.05. The molecule has 1 saturated heterocycles. The zero-order chi connectivity index (χ0) is 15.2. The van der Waals surface area contributed by atoms with Crippen molar-refractivity contribution < 1.29 is 9.18 Å². The fraction of sp³-hybridized carbons (Fsp3) is 0.588. The highest BCUT2D eigenvalue weighted by molar-refractivity contribution is 5.78. The lowest BCUT2D eigenvalue weighted by molar-refractivity contribution is -0.132. The van der Waals surface area contributed by atoms with Gasteiger partial charge in [0.15, 0.2) is 0 Å². The summed E-state index contributed by atoms with van der Waals surface area (Å²) in [5.74, 6) is 0.380. The number of hydrogen-bond acceptors (Lipinski definition) is 2. The molecule has 0 bridgehead atoms. The van der Waals surface area contributed by atoms with Gasteiger partial charge in [-0.25, -0.2) is 4.39 Å². The van der Waals surface area contributed by atoms with E-state index >= 15 is 0 Å². The Morgan fingerprint density at radius 1 is 1.24 bits per heavy atom. The van der Waals surface area contributed by atoms with Gasteiger partial charge in [-0.15, -0.1) is 0 Å². The van der Waals surface area contributed by atoms with E-state index in [1.54, 1.807) is 6.07 Å². The molecule has 0 unspecified atom stereocenters. The average molecular weight is 292 g/mol. The topological polar surface area (TPSA) is 23.6 Å². The van der Waals surface area contributed by atoms with Gasteiger partial charge in [0.2, 0.25) is 5.91 Å². The van der Waals surface area contributed by atoms with Crippen LogP contribution >= 0.6 is 0 Å². The van der Waals surface area contributed by atoms with E-state index in [0.717, 1.165) is 44.6 Å². The maximum atomic E-state index is 13.8. The second kappa shape index (κ2) is 7.55. The number of benzene rings is 1. The zero-order valence-corrected chi connectivity index (χ0v) is 13.0. The Bertz CT molecular complexity index is 466. The first-order valence-corrected chi connectivity index (χ1v) is 7.90. The third-order valence-corrected chi connectivity index (χ3v) is 4.41. The van der Waals surface area contributed by atoms with E-state index < -0.39 is 0 Å². The number of rotatable bonds is 5. The van der Waals surface area contributed by atoms with Crippen LogP contribution in [-0.4, -0.2) is 48.4 Å². The summed E-state index contributed by atoms with van der Waals surface area (Å²) in [4.78, 5) is 16.2. The van der Waals surface area contributed by atoms with Crippen molar-refractivity contribution in [3.05, 3.63) is 35.6 Å². The minimum Gasteiger partial charge on any atom is -0.342 e. The lowest BCUT2D eigenvalue weighted by Gasteiger charge is -2.33. The van der Waals surface area contributed by atoms with Gasteiger partial charge in [-0.3, -0.25) is 9.69 Å². The molecule has 0 spiro atoms. The highest BCUT2D eigenvalue weighted by Gasteiger charge is 2.24. The van der Waals surface area contributed by atoms with Crippen LogP contribution in [-0.2, 0) is 4.79 Å². The molecule has 21 heavy (non-hydrogen) atoms. The predicted octanol–water partition coefficient (Wildman–Crippen LogP) is 2.87. The van der Waals surface area contributed by atoms with Gasteiger partial charge in [-0.1, -0.05) is 18.2 Å². The third-order valence-electron chi connectivity index (χ3n) is 4.41. The molecule has 0 aromatic heterocycles. The molecular formula is C17H25FN2O. The van der Waals surface area contributed by atoms with Gasteiger partial charge < -0.3 is 4.90 Å². The summed E-state index contributed by atoms with van der Waals surface area (Å²) in [5, 5.41) is 0. The van der Waals surface area contributed by atoms with Crippen molar-refractivity contribution in [2.75, 3.05) is 32.7 Å². The van der Waals surface area contributed by atoms with Crippen molar-refractivity contribution >= 4 is 5.91 Å². The smallest absolute Gasteiger partial charge is 0.236 e. The Morgan fingerprint density at radius 2 is 1.86 bits per heavy atom. The van der Waals surface area contributed by atoms with Gasteiger partial charge in [-0.05, 0) is 57.3 Å². The Labute approximate surface area is 126 Å². The lowest BCUT2D eigenvalue weighted by atomic mass is 9.89. The van der Waals surface area contributed by atoms with Crippen molar-refractivity contribution in [3.8, 4) is 0 Å². The van der Waals surface area contributed by atoms with Crippen molar-refractivity contribution in [2.45, 2.75) is 32.6 Å². The normalized spacial score (nSPS) is 16.9. The Morgan fingerprint density at radius 3 is 2.43 bits per heavy atom. The minimum atomic E-state index is -0.102. The van der Waals surface area contributed by atoms with Crippen LogP contribution in [0.1, 0.15) is 38.2 Å². The molecule has 1 fully saturated rings. The minimum absolute atomic E-state index is 0.102. The van der Waals surface area contributed by atoms with Crippen molar-refractivity contribution in [2.24, 2.45) is 0 Å². The first kappa shape index (κ1) is 16.0. The standard InChI is InChI=1S/C17H25FN2O/c1-3-20(4-2)17(21)13-19-11-9-14(10-12-19)15-7-5-6-8-16(15)18/h5-8,14H,3-4,9-13H2,1-2H3. The number of carbonyl (C=O) groups excluding carboxylic acids is 1. The molecule has 0 radical (unpaired) electrons. The van der Waals surface area contributed by atoms with Crippen LogP contribution in [0.5, 0.6) is 0 Å². The summed E-state index contributed by atoms with van der Waals surface area (Å²) >= 11 is 0. The highest BCUT2D eigenvalue weighted by Crippen LogP contribution is 2.29. The molecule has 116 valence electrons. The average Bonchev–Trinajstić information content (AvgIpc) is 2.50. The van der Waals surface area contributed by atoms with Crippen LogP contribution in [0.4, 0.5) is 4.39 Å². The maximum Gasteiger partial charge on any atom is 0.236 e. The molecule has 1 amide bonds. The lowest BCUT2D eigenvalue weighted by Crippen LogP contribution is -2.43. The van der Waals surface area contributed by atoms with Crippen LogP contribution in [0.15, 0.2) is 24.3 Å². The molecule has 1 aromatic carbocycles. The van der Waals surface area contributed by atoms with E-state index in [0.29, 0.717) is 6.54 Å². The molecule has 2 rings (SSSR count). The molecule has 0 saturated carbocycles. The molecule has 0 atom stereocenters. The SMILES string of the molecule is CCN(CC)C(=O)CN1CCC(c2ccccc2F)CC1. The van der Waals surface area contributed by atoms with Crippen LogP contribution in [0.3, 0.4) is 0 Å². The van der Waals surface area contributed by atoms with E-state index in [1.165, 1.54) is 6.07 Å². The maximum absolute atomic E-state index is 13.8. The van der Waals surface area contributed by atoms with Gasteiger partial charge in [-0.2, -0.15) is 0 Å². The molecule has 1 aliphatic rings. The van der Waals surface area contributed by atoms with Crippen LogP contribution < -0.4 is 0 Å². The van der Waals surface area contributed by atoms with Gasteiger partial charge >= 0.3 is 0 Å². The summed E-state index contributed by atoms with van der Waals surface area (Å²) in [6.45, 7) is 7.77. The monoisotopic (exact) mass is 292 g/mol. The molecule has 1 aromatic rings. The summed E-state index contributed by atoms with van der Waals surface area (Å²) < 4.78 is 13.8. The van der Waals surface area contributed by atoms with E-state index in [2.05, 4.69) is 4.90 Å². The van der Waals surface area contributed by atoms with Crippen LogP contribution in [0.25, 0.3) is 0 Å². The van der Waals surface area contributed by atoms with E-state index in [4.69, 9.17) is 0 Å². The number of nitrogens with zero attached hydrogens (tertiary/aromatic N) is 2. The number of amides is 1. The highest BCUT2D eigenvalue weighted by atomic mass is 19.1. The van der Waals surface area contributed by atoms with E-state index in [1.807, 2.05) is 30.9 Å². The van der Waals surface area contributed by atoms with E-state index in [9.17, 15) is 9.18 Å². The number of hydrogen-bond donors (Lipinski definition) is 0. The van der Waals surface area contributed by atoms with Gasteiger partial charge in [0, 0.05) is 13.1 Å². The molecule has 3 nitrogen and oxygen atoms in total. The van der Waals surface area contributed by atoms with Crippen molar-refractivity contribution in [1.29, 1.82) is 0 Å². The Balaban J connectivity index is 1.86. The molecule has 1 heterocycles. The van der Waals surface area contributed by atoms with Crippen LogP contribution in [0.2, 0.25) is 0 Å². The third kappa shape index (κ3) is 4.03. The molecule has 1 aliphatic heterocycles. The summed E-state index contributed by atoms with van der Waals surface area (Å²) in [5.41, 5.74) is 0.826. The predicted molar refractivity (Wildman–Crippen MR) is 82.7 cm³/mol. The number of halogens is 1. The zero-order valence-electron chi connectivity index (χ0n) is 13.0. The van der Waals surface area contributed by atoms with Crippen molar-refractivity contribution in [3.63, 3.8) is 0 Å². The first-order valence-electron chi connectivity index (χ1n) is 7.90. The van der Waals surface area contributed by atoms with Gasteiger partial charge in [0.05, 0.1) is 6.54 Å². The number of piperidine rings is 1. The molecule has 0 N–H and O–H groups in total. The fourth-order valence-electron chi connectivity index (χ4n) is 3.08.